The van der Waals surface area contributed by atoms with E-state index in [1.807, 2.05) is 0 Å². The minimum absolute atomic E-state index is 0.0138. The smallest absolute Gasteiger partial charge is 0.326 e. The first-order valence-corrected chi connectivity index (χ1v) is 6.36. The van der Waals surface area contributed by atoms with Gasteiger partial charge in [-0.25, -0.2) is 9.18 Å². The lowest BCUT2D eigenvalue weighted by Gasteiger charge is -2.21. The summed E-state index contributed by atoms with van der Waals surface area (Å²) in [6.07, 6.45) is -0.884. The van der Waals surface area contributed by atoms with Crippen molar-refractivity contribution in [2.24, 2.45) is 0 Å². The molecule has 0 spiro atoms. The average molecular weight is 332 g/mol. The average Bonchev–Trinajstić information content (AvgIpc) is 2.74. The molecular weight excluding hydrogens is 321 g/mol. The molecule has 102 valence electrons. The molecule has 1 amide bonds. The highest BCUT2D eigenvalue weighted by Crippen LogP contribution is 2.23. The molecule has 1 aromatic carbocycles. The van der Waals surface area contributed by atoms with Gasteiger partial charge in [-0.15, -0.1) is 0 Å². The number of aliphatic carboxylic acids is 1. The van der Waals surface area contributed by atoms with Gasteiger partial charge in [0, 0.05) is 18.5 Å². The molecule has 1 aliphatic rings. The summed E-state index contributed by atoms with van der Waals surface area (Å²) in [5, 5.41) is 18.5. The molecule has 2 rings (SSSR count). The van der Waals surface area contributed by atoms with Crippen molar-refractivity contribution >= 4 is 27.8 Å². The summed E-state index contributed by atoms with van der Waals surface area (Å²) < 4.78 is 13.6. The number of β-amino-alcohol motifs (C(OH)–C–C–N with tert-alkyl or cyclic N) is 1. The molecule has 0 aromatic heterocycles. The van der Waals surface area contributed by atoms with Gasteiger partial charge >= 0.3 is 5.97 Å². The summed E-state index contributed by atoms with van der Waals surface area (Å²) in [5.74, 6) is -2.38. The van der Waals surface area contributed by atoms with E-state index in [1.54, 1.807) is 0 Å². The third-order valence-corrected chi connectivity index (χ3v) is 3.63. The fourth-order valence-electron chi connectivity index (χ4n) is 2.07. The minimum Gasteiger partial charge on any atom is -0.480 e. The zero-order valence-electron chi connectivity index (χ0n) is 9.72. The van der Waals surface area contributed by atoms with Gasteiger partial charge in [0.05, 0.1) is 10.6 Å². The molecule has 7 heteroatoms. The van der Waals surface area contributed by atoms with Crippen molar-refractivity contribution in [2.75, 3.05) is 6.54 Å². The van der Waals surface area contributed by atoms with Crippen molar-refractivity contribution in [1.82, 2.24) is 4.90 Å². The summed E-state index contributed by atoms with van der Waals surface area (Å²) >= 11 is 2.97. The molecule has 19 heavy (non-hydrogen) atoms. The van der Waals surface area contributed by atoms with Crippen LogP contribution in [0.5, 0.6) is 0 Å². The predicted octanol–water partition coefficient (Wildman–Crippen LogP) is 1.25. The monoisotopic (exact) mass is 331 g/mol. The molecule has 5 nitrogen and oxygen atoms in total. The SMILES string of the molecule is O=C(O)[C@H]1C[C@@H](O)CN1C(=O)c1ccc(Br)c(F)c1. The van der Waals surface area contributed by atoms with E-state index in [0.29, 0.717) is 0 Å². The van der Waals surface area contributed by atoms with Crippen molar-refractivity contribution in [2.45, 2.75) is 18.6 Å². The number of rotatable bonds is 2. The molecule has 1 aliphatic heterocycles. The number of aliphatic hydroxyl groups excluding tert-OH is 1. The minimum atomic E-state index is -1.18. The maximum Gasteiger partial charge on any atom is 0.326 e. The van der Waals surface area contributed by atoms with Crippen molar-refractivity contribution in [1.29, 1.82) is 0 Å². The molecule has 0 bridgehead atoms. The Bertz CT molecular complexity index is 536. The molecule has 1 heterocycles. The number of carbonyl (C=O) groups excluding carboxylic acids is 1. The number of aliphatic hydroxyl groups is 1. The number of hydrogen-bond acceptors (Lipinski definition) is 3. The highest BCUT2D eigenvalue weighted by Gasteiger charge is 2.39. The van der Waals surface area contributed by atoms with Crippen molar-refractivity contribution in [3.8, 4) is 0 Å². The van der Waals surface area contributed by atoms with Gasteiger partial charge in [-0.3, -0.25) is 4.79 Å². The van der Waals surface area contributed by atoms with Crippen LogP contribution in [-0.2, 0) is 4.79 Å². The third-order valence-electron chi connectivity index (χ3n) is 2.99. The van der Waals surface area contributed by atoms with Gasteiger partial charge in [0.15, 0.2) is 0 Å². The van der Waals surface area contributed by atoms with E-state index in [2.05, 4.69) is 15.9 Å². The first-order chi connectivity index (χ1) is 8.90. The number of nitrogens with zero attached hydrogens (tertiary/aromatic N) is 1. The maximum absolute atomic E-state index is 13.4. The maximum atomic E-state index is 13.4. The van der Waals surface area contributed by atoms with Gasteiger partial charge in [0.2, 0.25) is 0 Å². The van der Waals surface area contributed by atoms with Gasteiger partial charge in [-0.2, -0.15) is 0 Å². The Morgan fingerprint density at radius 3 is 2.68 bits per heavy atom. The predicted molar refractivity (Wildman–Crippen MR) is 67.2 cm³/mol. The third kappa shape index (κ3) is 2.76. The molecule has 1 saturated heterocycles. The number of benzene rings is 1. The number of carbonyl (C=O) groups is 2. The topological polar surface area (TPSA) is 77.8 Å². The van der Waals surface area contributed by atoms with Crippen LogP contribution in [0.25, 0.3) is 0 Å². The van der Waals surface area contributed by atoms with E-state index in [-0.39, 0.29) is 23.0 Å². The number of carboxylic acid groups (broad SMARTS) is 1. The molecule has 0 aliphatic carbocycles. The van der Waals surface area contributed by atoms with Crippen molar-refractivity contribution in [3.63, 3.8) is 0 Å². The van der Waals surface area contributed by atoms with E-state index >= 15 is 0 Å². The van der Waals surface area contributed by atoms with Gasteiger partial charge in [-0.05, 0) is 34.1 Å². The van der Waals surface area contributed by atoms with Crippen molar-refractivity contribution in [3.05, 3.63) is 34.1 Å². The second kappa shape index (κ2) is 5.26. The second-order valence-electron chi connectivity index (χ2n) is 4.33. The first kappa shape index (κ1) is 14.0. The van der Waals surface area contributed by atoms with Crippen LogP contribution in [0.2, 0.25) is 0 Å². The molecule has 0 radical (unpaired) electrons. The lowest BCUT2D eigenvalue weighted by Crippen LogP contribution is -2.40. The Morgan fingerprint density at radius 2 is 2.11 bits per heavy atom. The van der Waals surface area contributed by atoms with Crippen LogP contribution in [0.4, 0.5) is 4.39 Å². The summed E-state index contributed by atoms with van der Waals surface area (Å²) in [7, 11) is 0. The lowest BCUT2D eigenvalue weighted by atomic mass is 10.1. The number of likely N-dealkylation sites (tertiary alicyclic amines) is 1. The first-order valence-electron chi connectivity index (χ1n) is 5.57. The van der Waals surface area contributed by atoms with E-state index in [9.17, 15) is 19.1 Å². The molecule has 0 saturated carbocycles. The van der Waals surface area contributed by atoms with Crippen LogP contribution in [-0.4, -0.2) is 45.7 Å². The highest BCUT2D eigenvalue weighted by molar-refractivity contribution is 9.10. The lowest BCUT2D eigenvalue weighted by molar-refractivity contribution is -0.141. The fraction of sp³-hybridized carbons (Fsp3) is 0.333. The zero-order valence-corrected chi connectivity index (χ0v) is 11.3. The Kier molecular flexibility index (Phi) is 3.86. The Morgan fingerprint density at radius 1 is 1.42 bits per heavy atom. The Labute approximate surface area is 116 Å². The van der Waals surface area contributed by atoms with Crippen LogP contribution >= 0.6 is 15.9 Å². The molecule has 1 aromatic rings. The van der Waals surface area contributed by atoms with E-state index in [1.165, 1.54) is 12.1 Å². The zero-order chi connectivity index (χ0) is 14.2. The van der Waals surface area contributed by atoms with Crippen LogP contribution in [0.15, 0.2) is 22.7 Å². The van der Waals surface area contributed by atoms with Crippen LogP contribution in [0.1, 0.15) is 16.8 Å². The molecule has 2 atom stereocenters. The normalized spacial score (nSPS) is 22.6. The van der Waals surface area contributed by atoms with Crippen LogP contribution < -0.4 is 0 Å². The number of carboxylic acids is 1. The molecule has 2 N–H and O–H groups in total. The van der Waals surface area contributed by atoms with E-state index < -0.39 is 29.8 Å². The van der Waals surface area contributed by atoms with Gasteiger partial charge < -0.3 is 15.1 Å². The summed E-state index contributed by atoms with van der Waals surface area (Å²) in [6.45, 7) is -0.0620. The highest BCUT2D eigenvalue weighted by atomic mass is 79.9. The van der Waals surface area contributed by atoms with Crippen LogP contribution in [0.3, 0.4) is 0 Å². The summed E-state index contributed by atoms with van der Waals surface area (Å²) in [4.78, 5) is 24.2. The largest absolute Gasteiger partial charge is 0.480 e. The quantitative estimate of drug-likeness (QED) is 0.854. The Balaban J connectivity index is 2.27. The van der Waals surface area contributed by atoms with Gasteiger partial charge in [0.1, 0.15) is 11.9 Å². The van der Waals surface area contributed by atoms with Gasteiger partial charge in [-0.1, -0.05) is 0 Å². The van der Waals surface area contributed by atoms with E-state index in [4.69, 9.17) is 5.11 Å². The Hall–Kier alpha value is -1.47. The molecule has 1 fully saturated rings. The van der Waals surface area contributed by atoms with Crippen molar-refractivity contribution < 1.29 is 24.2 Å². The second-order valence-corrected chi connectivity index (χ2v) is 5.18. The van der Waals surface area contributed by atoms with Gasteiger partial charge in [0.25, 0.3) is 5.91 Å². The number of amides is 1. The summed E-state index contributed by atoms with van der Waals surface area (Å²) in [6, 6.07) is 2.74. The van der Waals surface area contributed by atoms with E-state index in [0.717, 1.165) is 11.0 Å². The molecular formula is C12H11BrFNO4. The fourth-order valence-corrected chi connectivity index (χ4v) is 2.31. The number of hydrogen-bond donors (Lipinski definition) is 2. The molecule has 0 unspecified atom stereocenters. The standard InChI is InChI=1S/C12H11BrFNO4/c13-8-2-1-6(3-9(8)14)11(17)15-5-7(16)4-10(15)12(18)19/h1-3,7,10,16H,4-5H2,(H,18,19)/t7-,10-/m1/s1. The number of halogens is 2. The summed E-state index contributed by atoms with van der Waals surface area (Å²) in [5.41, 5.74) is 0.0565. The van der Waals surface area contributed by atoms with Crippen LogP contribution in [0, 0.1) is 5.82 Å².